The molecule has 1 fully saturated rings. The van der Waals surface area contributed by atoms with Crippen molar-refractivity contribution in [2.24, 2.45) is 0 Å². The summed E-state index contributed by atoms with van der Waals surface area (Å²) >= 11 is 5.86. The first-order valence-electron chi connectivity index (χ1n) is 8.00. The van der Waals surface area contributed by atoms with Crippen LogP contribution in [0.3, 0.4) is 0 Å². The summed E-state index contributed by atoms with van der Waals surface area (Å²) < 4.78 is 0. The van der Waals surface area contributed by atoms with Crippen molar-refractivity contribution >= 4 is 28.9 Å². The molecular formula is C18H18ClN3O3. The lowest BCUT2D eigenvalue weighted by Crippen LogP contribution is -2.49. The molecule has 3 rings (SSSR count). The van der Waals surface area contributed by atoms with Crippen LogP contribution in [0, 0.1) is 17.0 Å². The van der Waals surface area contributed by atoms with Crippen molar-refractivity contribution in [1.82, 2.24) is 4.90 Å². The Balaban J connectivity index is 1.66. The minimum atomic E-state index is -0.389. The average molecular weight is 360 g/mol. The van der Waals surface area contributed by atoms with Gasteiger partial charge in [0.2, 0.25) is 0 Å². The number of nitrogens with zero attached hydrogens (tertiary/aromatic N) is 3. The highest BCUT2D eigenvalue weighted by atomic mass is 35.5. The fourth-order valence-electron chi connectivity index (χ4n) is 3.03. The van der Waals surface area contributed by atoms with Crippen molar-refractivity contribution in [3.05, 3.63) is 68.7 Å². The summed E-state index contributed by atoms with van der Waals surface area (Å²) in [6.07, 6.45) is 0. The second-order valence-electron chi connectivity index (χ2n) is 6.01. The third kappa shape index (κ3) is 3.74. The van der Waals surface area contributed by atoms with Crippen molar-refractivity contribution in [3.8, 4) is 0 Å². The molecule has 25 heavy (non-hydrogen) atoms. The molecule has 0 saturated carbocycles. The summed E-state index contributed by atoms with van der Waals surface area (Å²) in [5, 5.41) is 11.5. The lowest BCUT2D eigenvalue weighted by molar-refractivity contribution is -0.384. The number of halogens is 1. The van der Waals surface area contributed by atoms with Crippen LogP contribution >= 0.6 is 11.6 Å². The molecule has 6 nitrogen and oxygen atoms in total. The maximum absolute atomic E-state index is 12.5. The fourth-order valence-corrected chi connectivity index (χ4v) is 3.16. The van der Waals surface area contributed by atoms with Crippen molar-refractivity contribution in [1.29, 1.82) is 0 Å². The highest BCUT2D eigenvalue weighted by molar-refractivity contribution is 6.30. The van der Waals surface area contributed by atoms with Crippen LogP contribution in [0.2, 0.25) is 5.02 Å². The Kier molecular flexibility index (Phi) is 4.90. The average Bonchev–Trinajstić information content (AvgIpc) is 2.62. The van der Waals surface area contributed by atoms with E-state index in [2.05, 4.69) is 4.90 Å². The summed E-state index contributed by atoms with van der Waals surface area (Å²) in [6.45, 7) is 4.47. The molecule has 1 amide bonds. The van der Waals surface area contributed by atoms with Gasteiger partial charge >= 0.3 is 0 Å². The van der Waals surface area contributed by atoms with Gasteiger partial charge in [-0.25, -0.2) is 0 Å². The molecule has 1 aliphatic rings. The minimum absolute atomic E-state index is 0.00302. The quantitative estimate of drug-likeness (QED) is 0.621. The Labute approximate surface area is 150 Å². The van der Waals surface area contributed by atoms with Gasteiger partial charge < -0.3 is 9.80 Å². The van der Waals surface area contributed by atoms with Gasteiger partial charge in [0, 0.05) is 54.6 Å². The molecular weight excluding hydrogens is 342 g/mol. The molecule has 1 aliphatic heterocycles. The Morgan fingerprint density at radius 3 is 2.28 bits per heavy atom. The van der Waals surface area contributed by atoms with Gasteiger partial charge in [-0.15, -0.1) is 0 Å². The third-order valence-corrected chi connectivity index (χ3v) is 4.64. The second-order valence-corrected chi connectivity index (χ2v) is 6.45. The maximum Gasteiger partial charge on any atom is 0.269 e. The van der Waals surface area contributed by atoms with Crippen LogP contribution in [0.15, 0.2) is 42.5 Å². The van der Waals surface area contributed by atoms with Crippen LogP contribution in [0.4, 0.5) is 11.4 Å². The lowest BCUT2D eigenvalue weighted by Gasteiger charge is -2.36. The Bertz CT molecular complexity index is 800. The Morgan fingerprint density at radius 1 is 1.08 bits per heavy atom. The number of anilines is 1. The molecule has 0 aliphatic carbocycles. The molecule has 0 spiro atoms. The van der Waals surface area contributed by atoms with E-state index in [-0.39, 0.29) is 16.5 Å². The van der Waals surface area contributed by atoms with E-state index in [0.29, 0.717) is 36.8 Å². The zero-order valence-electron chi connectivity index (χ0n) is 13.8. The molecule has 0 N–H and O–H groups in total. The predicted octanol–water partition coefficient (Wildman–Crippen LogP) is 3.52. The smallest absolute Gasteiger partial charge is 0.269 e. The van der Waals surface area contributed by atoms with Gasteiger partial charge in [-0.05, 0) is 42.8 Å². The molecule has 1 saturated heterocycles. The molecule has 1 heterocycles. The van der Waals surface area contributed by atoms with Crippen molar-refractivity contribution in [3.63, 3.8) is 0 Å². The van der Waals surface area contributed by atoms with E-state index < -0.39 is 0 Å². The van der Waals surface area contributed by atoms with Crippen LogP contribution in [0.25, 0.3) is 0 Å². The van der Waals surface area contributed by atoms with E-state index in [9.17, 15) is 14.9 Å². The summed E-state index contributed by atoms with van der Waals surface area (Å²) in [4.78, 5) is 27.0. The molecule has 0 atom stereocenters. The number of benzene rings is 2. The normalized spacial score (nSPS) is 14.5. The van der Waals surface area contributed by atoms with Crippen LogP contribution in [-0.2, 0) is 0 Å². The number of carbonyl (C=O) groups is 1. The number of amides is 1. The fraction of sp³-hybridized carbons (Fsp3) is 0.278. The molecule has 2 aromatic rings. The zero-order valence-corrected chi connectivity index (χ0v) is 14.6. The molecule has 0 aromatic heterocycles. The number of nitro benzene ring substituents is 1. The topological polar surface area (TPSA) is 66.7 Å². The number of hydrogen-bond acceptors (Lipinski definition) is 4. The maximum atomic E-state index is 12.5. The van der Waals surface area contributed by atoms with Gasteiger partial charge in [0.15, 0.2) is 0 Å². The number of hydrogen-bond donors (Lipinski definition) is 0. The molecule has 0 unspecified atom stereocenters. The first kappa shape index (κ1) is 17.2. The molecule has 2 aromatic carbocycles. The largest absolute Gasteiger partial charge is 0.368 e. The minimum Gasteiger partial charge on any atom is -0.368 e. The monoisotopic (exact) mass is 359 g/mol. The van der Waals surface area contributed by atoms with Gasteiger partial charge in [0.1, 0.15) is 0 Å². The van der Waals surface area contributed by atoms with Crippen LogP contribution in [0.1, 0.15) is 15.9 Å². The van der Waals surface area contributed by atoms with Crippen LogP contribution in [-0.4, -0.2) is 41.9 Å². The van der Waals surface area contributed by atoms with E-state index in [4.69, 9.17) is 11.6 Å². The summed E-state index contributed by atoms with van der Waals surface area (Å²) in [7, 11) is 0. The van der Waals surface area contributed by atoms with E-state index in [1.54, 1.807) is 36.4 Å². The SMILES string of the molecule is Cc1cc([N+](=O)[O-])ccc1N1CCN(C(=O)c2ccc(Cl)cc2)CC1. The Morgan fingerprint density at radius 2 is 1.72 bits per heavy atom. The van der Waals surface area contributed by atoms with E-state index in [1.165, 1.54) is 6.07 Å². The summed E-state index contributed by atoms with van der Waals surface area (Å²) in [5.41, 5.74) is 2.57. The van der Waals surface area contributed by atoms with Gasteiger partial charge in [-0.2, -0.15) is 0 Å². The number of carbonyl (C=O) groups excluding carboxylic acids is 1. The first-order chi connectivity index (χ1) is 12.0. The Hall–Kier alpha value is -2.60. The number of aryl methyl sites for hydroxylation is 1. The summed E-state index contributed by atoms with van der Waals surface area (Å²) in [5.74, 6) is -0.00302. The van der Waals surface area contributed by atoms with Crippen molar-refractivity contribution in [2.75, 3.05) is 31.1 Å². The second kappa shape index (κ2) is 7.11. The molecule has 0 radical (unpaired) electrons. The standard InChI is InChI=1S/C18H18ClN3O3/c1-13-12-16(22(24)25)6-7-17(13)20-8-10-21(11-9-20)18(23)14-2-4-15(19)5-3-14/h2-7,12H,8-11H2,1H3. The number of nitro groups is 1. The van der Waals surface area contributed by atoms with Crippen LogP contribution < -0.4 is 4.90 Å². The number of piperazine rings is 1. The van der Waals surface area contributed by atoms with Crippen LogP contribution in [0.5, 0.6) is 0 Å². The lowest BCUT2D eigenvalue weighted by atomic mass is 10.1. The molecule has 130 valence electrons. The molecule has 7 heteroatoms. The zero-order chi connectivity index (χ0) is 18.0. The summed E-state index contributed by atoms with van der Waals surface area (Å²) in [6, 6.07) is 11.8. The van der Waals surface area contributed by atoms with Gasteiger partial charge in [-0.1, -0.05) is 11.6 Å². The van der Waals surface area contributed by atoms with Gasteiger partial charge in [-0.3, -0.25) is 14.9 Å². The highest BCUT2D eigenvalue weighted by Crippen LogP contribution is 2.26. The van der Waals surface area contributed by atoms with Gasteiger partial charge in [0.25, 0.3) is 11.6 Å². The third-order valence-electron chi connectivity index (χ3n) is 4.39. The van der Waals surface area contributed by atoms with Gasteiger partial charge in [0.05, 0.1) is 4.92 Å². The van der Waals surface area contributed by atoms with E-state index >= 15 is 0 Å². The van der Waals surface area contributed by atoms with E-state index in [1.807, 2.05) is 11.8 Å². The van der Waals surface area contributed by atoms with Crippen molar-refractivity contribution in [2.45, 2.75) is 6.92 Å². The number of non-ortho nitro benzene ring substituents is 1. The van der Waals surface area contributed by atoms with E-state index in [0.717, 1.165) is 11.3 Å². The highest BCUT2D eigenvalue weighted by Gasteiger charge is 2.23. The molecule has 0 bridgehead atoms. The number of rotatable bonds is 3. The van der Waals surface area contributed by atoms with Crippen molar-refractivity contribution < 1.29 is 9.72 Å². The first-order valence-corrected chi connectivity index (χ1v) is 8.38. The predicted molar refractivity (Wildman–Crippen MR) is 97.4 cm³/mol.